The first-order chi connectivity index (χ1) is 13.0. The summed E-state index contributed by atoms with van der Waals surface area (Å²) in [5.41, 5.74) is 11.9. The van der Waals surface area contributed by atoms with Crippen LogP contribution in [-0.4, -0.2) is 24.5 Å². The Morgan fingerprint density at radius 1 is 1.11 bits per heavy atom. The highest BCUT2D eigenvalue weighted by Gasteiger charge is 2.13. The van der Waals surface area contributed by atoms with Crippen molar-refractivity contribution in [3.8, 4) is 0 Å². The van der Waals surface area contributed by atoms with Crippen LogP contribution in [0.3, 0.4) is 0 Å². The first-order valence-corrected chi connectivity index (χ1v) is 10.3. The predicted molar refractivity (Wildman–Crippen MR) is 111 cm³/mol. The van der Waals surface area contributed by atoms with Crippen molar-refractivity contribution in [2.45, 2.75) is 43.6 Å². The van der Waals surface area contributed by atoms with Crippen molar-refractivity contribution in [1.29, 1.82) is 0 Å². The molecule has 142 valence electrons. The Labute approximate surface area is 168 Å². The van der Waals surface area contributed by atoms with Crippen LogP contribution in [0.2, 0.25) is 0 Å². The summed E-state index contributed by atoms with van der Waals surface area (Å²) in [4.78, 5) is 29.6. The number of aromatic nitrogens is 5. The lowest BCUT2D eigenvalue weighted by Gasteiger charge is -2.13. The SMILES string of the molecule is CCCCCn1c(SCc2nc(N)nc(N)n2)nc2ccc(Br)cc2c1=O. The first-order valence-electron chi connectivity index (χ1n) is 8.56. The van der Waals surface area contributed by atoms with Gasteiger partial charge in [-0.1, -0.05) is 47.5 Å². The second-order valence-corrected chi connectivity index (χ2v) is 7.83. The Hall–Kier alpha value is -2.20. The minimum atomic E-state index is -0.0467. The van der Waals surface area contributed by atoms with Crippen LogP contribution >= 0.6 is 27.7 Å². The second-order valence-electron chi connectivity index (χ2n) is 5.98. The number of hydrogen-bond donors (Lipinski definition) is 2. The van der Waals surface area contributed by atoms with Crippen LogP contribution in [0.25, 0.3) is 10.9 Å². The van der Waals surface area contributed by atoms with Gasteiger partial charge in [-0.3, -0.25) is 9.36 Å². The van der Waals surface area contributed by atoms with E-state index >= 15 is 0 Å². The molecule has 2 heterocycles. The van der Waals surface area contributed by atoms with Gasteiger partial charge in [-0.25, -0.2) is 4.98 Å². The van der Waals surface area contributed by atoms with Crippen LogP contribution in [-0.2, 0) is 12.3 Å². The van der Waals surface area contributed by atoms with Crippen molar-refractivity contribution in [2.75, 3.05) is 11.5 Å². The number of hydrogen-bond acceptors (Lipinski definition) is 8. The third kappa shape index (κ3) is 4.75. The number of nitrogens with zero attached hydrogens (tertiary/aromatic N) is 5. The van der Waals surface area contributed by atoms with Crippen LogP contribution in [0, 0.1) is 0 Å². The fourth-order valence-electron chi connectivity index (χ4n) is 2.65. The Kier molecular flexibility index (Phi) is 6.27. The van der Waals surface area contributed by atoms with Crippen LogP contribution < -0.4 is 17.0 Å². The summed E-state index contributed by atoms with van der Waals surface area (Å²) in [7, 11) is 0. The summed E-state index contributed by atoms with van der Waals surface area (Å²) in [5.74, 6) is 0.999. The number of fused-ring (bicyclic) bond motifs is 1. The molecule has 3 rings (SSSR count). The van der Waals surface area contributed by atoms with Gasteiger partial charge >= 0.3 is 0 Å². The van der Waals surface area contributed by atoms with Crippen LogP contribution in [0.5, 0.6) is 0 Å². The van der Waals surface area contributed by atoms with E-state index in [1.807, 2.05) is 18.2 Å². The normalized spacial score (nSPS) is 11.2. The molecule has 1 aromatic carbocycles. The fourth-order valence-corrected chi connectivity index (χ4v) is 3.89. The predicted octanol–water partition coefficient (Wildman–Crippen LogP) is 2.99. The highest BCUT2D eigenvalue weighted by molar-refractivity contribution is 9.10. The molecule has 0 saturated heterocycles. The van der Waals surface area contributed by atoms with Crippen molar-refractivity contribution >= 4 is 50.5 Å². The molecule has 4 N–H and O–H groups in total. The lowest BCUT2D eigenvalue weighted by molar-refractivity contribution is 0.541. The highest BCUT2D eigenvalue weighted by atomic mass is 79.9. The number of unbranched alkanes of at least 4 members (excludes halogenated alkanes) is 2. The van der Waals surface area contributed by atoms with E-state index in [2.05, 4.69) is 42.8 Å². The minimum absolute atomic E-state index is 0.0467. The number of benzene rings is 1. The lowest BCUT2D eigenvalue weighted by Crippen LogP contribution is -2.23. The fraction of sp³-hybridized carbons (Fsp3) is 0.353. The number of halogens is 1. The molecule has 27 heavy (non-hydrogen) atoms. The van der Waals surface area contributed by atoms with Crippen molar-refractivity contribution in [1.82, 2.24) is 24.5 Å². The van der Waals surface area contributed by atoms with Gasteiger partial charge in [0, 0.05) is 11.0 Å². The number of thioether (sulfide) groups is 1. The van der Waals surface area contributed by atoms with E-state index < -0.39 is 0 Å². The zero-order chi connectivity index (χ0) is 19.4. The maximum absolute atomic E-state index is 13.0. The first kappa shape index (κ1) is 19.6. The van der Waals surface area contributed by atoms with Crippen LogP contribution in [0.4, 0.5) is 11.9 Å². The molecule has 0 bridgehead atoms. The van der Waals surface area contributed by atoms with E-state index in [0.29, 0.717) is 34.2 Å². The third-order valence-electron chi connectivity index (χ3n) is 3.91. The van der Waals surface area contributed by atoms with Crippen molar-refractivity contribution in [2.24, 2.45) is 0 Å². The summed E-state index contributed by atoms with van der Waals surface area (Å²) in [6.07, 6.45) is 3.04. The quantitative estimate of drug-likeness (QED) is 0.320. The smallest absolute Gasteiger partial charge is 0.262 e. The van der Waals surface area contributed by atoms with E-state index in [1.165, 1.54) is 11.8 Å². The lowest BCUT2D eigenvalue weighted by atomic mass is 10.2. The molecule has 10 heteroatoms. The van der Waals surface area contributed by atoms with E-state index in [4.69, 9.17) is 11.5 Å². The van der Waals surface area contributed by atoms with Gasteiger partial charge in [0.1, 0.15) is 5.82 Å². The van der Waals surface area contributed by atoms with E-state index in [-0.39, 0.29) is 17.5 Å². The third-order valence-corrected chi connectivity index (χ3v) is 5.38. The average Bonchev–Trinajstić information content (AvgIpc) is 2.62. The summed E-state index contributed by atoms with van der Waals surface area (Å²) >= 11 is 4.81. The molecule has 0 amide bonds. The average molecular weight is 450 g/mol. The molecular formula is C17H20BrN7OS. The maximum Gasteiger partial charge on any atom is 0.262 e. The van der Waals surface area contributed by atoms with Crippen LogP contribution in [0.1, 0.15) is 32.0 Å². The zero-order valence-electron chi connectivity index (χ0n) is 14.9. The molecule has 3 aromatic rings. The molecule has 0 unspecified atom stereocenters. The minimum Gasteiger partial charge on any atom is -0.368 e. The monoisotopic (exact) mass is 449 g/mol. The number of nitrogens with two attached hydrogens (primary N) is 2. The van der Waals surface area contributed by atoms with Gasteiger partial charge in [-0.05, 0) is 24.6 Å². The van der Waals surface area contributed by atoms with Crippen molar-refractivity contribution in [3.63, 3.8) is 0 Å². The zero-order valence-corrected chi connectivity index (χ0v) is 17.3. The largest absolute Gasteiger partial charge is 0.368 e. The summed E-state index contributed by atoms with van der Waals surface area (Å²) < 4.78 is 2.58. The number of nitrogen functional groups attached to an aromatic ring is 2. The van der Waals surface area contributed by atoms with Gasteiger partial charge in [0.15, 0.2) is 5.16 Å². The van der Waals surface area contributed by atoms with Gasteiger partial charge in [0.25, 0.3) is 5.56 Å². The summed E-state index contributed by atoms with van der Waals surface area (Å²) in [6.45, 7) is 2.75. The Morgan fingerprint density at radius 3 is 2.56 bits per heavy atom. The van der Waals surface area contributed by atoms with Gasteiger partial charge in [0.05, 0.1) is 16.7 Å². The molecule has 2 aromatic heterocycles. The van der Waals surface area contributed by atoms with E-state index in [0.717, 1.165) is 23.7 Å². The molecule has 0 fully saturated rings. The summed E-state index contributed by atoms with van der Waals surface area (Å²) in [5, 5.41) is 1.22. The Bertz CT molecular complexity index is 1000. The van der Waals surface area contributed by atoms with Gasteiger partial charge in [-0.2, -0.15) is 15.0 Å². The molecule has 0 aliphatic carbocycles. The Morgan fingerprint density at radius 2 is 1.85 bits per heavy atom. The van der Waals surface area contributed by atoms with Gasteiger partial charge < -0.3 is 11.5 Å². The molecule has 0 atom stereocenters. The summed E-state index contributed by atoms with van der Waals surface area (Å²) in [6, 6.07) is 5.51. The van der Waals surface area contributed by atoms with E-state index in [9.17, 15) is 4.79 Å². The number of anilines is 2. The van der Waals surface area contributed by atoms with Crippen molar-refractivity contribution in [3.05, 3.63) is 38.9 Å². The molecule has 8 nitrogen and oxygen atoms in total. The second kappa shape index (κ2) is 8.66. The van der Waals surface area contributed by atoms with E-state index in [1.54, 1.807) is 4.57 Å². The van der Waals surface area contributed by atoms with Gasteiger partial charge in [-0.15, -0.1) is 0 Å². The molecule has 0 aliphatic rings. The molecular weight excluding hydrogens is 430 g/mol. The Balaban J connectivity index is 1.97. The van der Waals surface area contributed by atoms with Crippen LogP contribution in [0.15, 0.2) is 32.6 Å². The molecule has 0 saturated carbocycles. The molecule has 0 aliphatic heterocycles. The standard InChI is InChI=1S/C17H20BrN7OS/c1-2-3-4-7-25-14(26)11-8-10(18)5-6-12(11)21-17(25)27-9-13-22-15(19)24-16(20)23-13/h5-6,8H,2-4,7,9H2,1H3,(H4,19,20,22,23,24). The number of rotatable bonds is 7. The topological polar surface area (TPSA) is 126 Å². The molecule has 0 radical (unpaired) electrons. The van der Waals surface area contributed by atoms with Crippen molar-refractivity contribution < 1.29 is 0 Å². The van der Waals surface area contributed by atoms with Gasteiger partial charge in [0.2, 0.25) is 11.9 Å². The molecule has 0 spiro atoms. The highest BCUT2D eigenvalue weighted by Crippen LogP contribution is 2.23. The maximum atomic E-state index is 13.0.